The molecule has 0 radical (unpaired) electrons. The molecule has 0 N–H and O–H groups in total. The third kappa shape index (κ3) is 16.2. The number of fused-ring (bicyclic) bond motifs is 18. The van der Waals surface area contributed by atoms with Crippen LogP contribution in [-0.4, -0.2) is 44.9 Å². The van der Waals surface area contributed by atoms with Crippen molar-refractivity contribution in [3.05, 3.63) is 561 Å². The second-order valence-corrected chi connectivity index (χ2v) is 39.7. The van der Waals surface area contributed by atoms with Crippen molar-refractivity contribution in [1.82, 2.24) is 44.9 Å². The van der Waals surface area contributed by atoms with Crippen molar-refractivity contribution in [2.45, 2.75) is 43.9 Å². The number of aromatic nitrogens is 9. The van der Waals surface area contributed by atoms with Crippen LogP contribution in [0, 0.1) is 0 Å². The summed E-state index contributed by atoms with van der Waals surface area (Å²) >= 11 is 0. The van der Waals surface area contributed by atoms with Crippen molar-refractivity contribution in [2.75, 3.05) is 0 Å². The van der Waals surface area contributed by atoms with Gasteiger partial charge in [0.2, 0.25) is 0 Å². The van der Waals surface area contributed by atoms with Gasteiger partial charge in [0.1, 0.15) is 0 Å². The molecule has 0 amide bonds. The van der Waals surface area contributed by atoms with E-state index in [1.54, 1.807) is 0 Å². The van der Waals surface area contributed by atoms with Gasteiger partial charge in [-0.3, -0.25) is 15.0 Å². The quantitative estimate of drug-likeness (QED) is 0.0989. The van der Waals surface area contributed by atoms with E-state index in [-0.39, 0.29) is 16.2 Å². The Labute approximate surface area is 867 Å². The second kappa shape index (κ2) is 37.6. The van der Waals surface area contributed by atoms with E-state index < -0.39 is 0 Å². The fraction of sp³-hybridized carbons (Fsp3) is 0.0500. The molecular formula is C140H97N9. The van der Waals surface area contributed by atoms with Crippen LogP contribution in [0.4, 0.5) is 0 Å². The highest BCUT2D eigenvalue weighted by molar-refractivity contribution is 6.03. The highest BCUT2D eigenvalue weighted by Crippen LogP contribution is 2.65. The molecule has 0 unspecified atom stereocenters. The van der Waals surface area contributed by atoms with Gasteiger partial charge in [0.15, 0.2) is 17.5 Å². The van der Waals surface area contributed by atoms with Crippen LogP contribution in [0.2, 0.25) is 0 Å². The van der Waals surface area contributed by atoms with Crippen molar-refractivity contribution in [3.63, 3.8) is 0 Å². The monoisotopic (exact) mass is 1900 g/mol. The first-order chi connectivity index (χ1) is 73.4. The van der Waals surface area contributed by atoms with Crippen LogP contribution in [0.3, 0.4) is 0 Å². The van der Waals surface area contributed by atoms with Gasteiger partial charge in [-0.05, 0) is 223 Å². The fourth-order valence-electron chi connectivity index (χ4n) is 23.2. The van der Waals surface area contributed by atoms with Gasteiger partial charge >= 0.3 is 0 Å². The number of rotatable bonds is 15. The Morgan fingerprint density at radius 3 is 1.04 bits per heavy atom. The molecule has 0 bridgehead atoms. The summed E-state index contributed by atoms with van der Waals surface area (Å²) < 4.78 is 0. The zero-order valence-electron chi connectivity index (χ0n) is 82.6. The minimum absolute atomic E-state index is 0.0458. The van der Waals surface area contributed by atoms with Gasteiger partial charge in [-0.1, -0.05) is 440 Å². The number of benzene rings is 18. The van der Waals surface area contributed by atoms with E-state index in [2.05, 4.69) is 444 Å². The smallest absolute Gasteiger partial charge is 0.161 e. The van der Waals surface area contributed by atoms with Crippen molar-refractivity contribution in [2.24, 2.45) is 0 Å². The largest absolute Gasteiger partial charge is 0.265 e. The lowest BCUT2D eigenvalue weighted by Crippen LogP contribution is -2.25. The molecule has 6 heterocycles. The lowest BCUT2D eigenvalue weighted by Gasteiger charge is -2.30. The molecule has 9 heteroatoms. The zero-order valence-corrected chi connectivity index (χ0v) is 82.6. The van der Waals surface area contributed by atoms with E-state index in [0.717, 1.165) is 129 Å². The number of hydrogen-bond donors (Lipinski definition) is 0. The molecule has 6 aromatic heterocycles. The van der Waals surface area contributed by atoms with Gasteiger partial charge in [0.25, 0.3) is 0 Å². The van der Waals surface area contributed by atoms with Gasteiger partial charge in [0.05, 0.1) is 51.0 Å². The van der Waals surface area contributed by atoms with Gasteiger partial charge in [-0.15, -0.1) is 0 Å². The minimum Gasteiger partial charge on any atom is -0.265 e. The molecule has 18 aromatic carbocycles. The molecule has 9 nitrogen and oxygen atoms in total. The molecule has 0 saturated carbocycles. The first-order valence-corrected chi connectivity index (χ1v) is 50.9. The Morgan fingerprint density at radius 2 is 0.517 bits per heavy atom. The Kier molecular flexibility index (Phi) is 22.7. The van der Waals surface area contributed by atoms with Crippen molar-refractivity contribution < 1.29 is 0 Å². The summed E-state index contributed by atoms with van der Waals surface area (Å²) in [7, 11) is 0. The van der Waals surface area contributed by atoms with Crippen molar-refractivity contribution in [1.29, 1.82) is 0 Å². The second-order valence-electron chi connectivity index (χ2n) is 39.7. The lowest BCUT2D eigenvalue weighted by atomic mass is 9.70. The first-order valence-electron chi connectivity index (χ1n) is 50.9. The number of hydrogen-bond acceptors (Lipinski definition) is 9. The molecule has 149 heavy (non-hydrogen) atoms. The maximum Gasteiger partial charge on any atom is 0.161 e. The van der Waals surface area contributed by atoms with Crippen LogP contribution in [0.15, 0.2) is 516 Å². The summed E-state index contributed by atoms with van der Waals surface area (Å²) in [5.41, 5.74) is 48.7. The predicted molar refractivity (Wildman–Crippen MR) is 610 cm³/mol. The van der Waals surface area contributed by atoms with E-state index >= 15 is 0 Å². The topological polar surface area (TPSA) is 116 Å². The highest BCUT2D eigenvalue weighted by Gasteiger charge is 2.52. The van der Waals surface area contributed by atoms with E-state index in [1.165, 1.54) is 122 Å². The van der Waals surface area contributed by atoms with Gasteiger partial charge in [-0.25, -0.2) is 29.9 Å². The number of pyridine rings is 3. The molecule has 0 aliphatic heterocycles. The highest BCUT2D eigenvalue weighted by atomic mass is 14.9. The summed E-state index contributed by atoms with van der Waals surface area (Å²) in [5, 5.41) is 2.63. The Hall–Kier alpha value is -19.1. The normalized spacial score (nSPS) is 12.9. The summed E-state index contributed by atoms with van der Waals surface area (Å²) in [4.78, 5) is 44.1. The first kappa shape index (κ1) is 90.0. The molecule has 0 fully saturated rings. The van der Waals surface area contributed by atoms with Crippen LogP contribution < -0.4 is 0 Å². The van der Waals surface area contributed by atoms with Crippen LogP contribution in [0.1, 0.15) is 72.2 Å². The van der Waals surface area contributed by atoms with Gasteiger partial charge in [0, 0.05) is 96.8 Å². The third-order valence-electron chi connectivity index (χ3n) is 30.3. The SMILES string of the molecule is CC1(C)c2ccc(-c3cccc(-c4cc(-c5ccccc5)nc(-c5ccc(-c6ccncc6)cc5)n4)c3)cc2-c2ccc3ccccc3c21.CC1(C)c2ccccc2-c2c(-c3cccc(-c4cc(-c5ccccc5)nc(-c5ccc(-c6ccccc6)nc5)n4)c3)cccc21.c1ccc(-c2cc(-c3cccc(-c4cccc5c4-c4ccccc4C54c5ccccc5-c5ccccc54)c3)nc(-c3ccc(-c4ccccn4)cc3)n2)cc1. The van der Waals surface area contributed by atoms with E-state index in [4.69, 9.17) is 34.9 Å². The average molecular weight is 1910 g/mol. The van der Waals surface area contributed by atoms with Crippen molar-refractivity contribution >= 4 is 10.8 Å². The standard InChI is InChI=1S/C52H33N3.C46H33N3.C42H31N3/c1-2-14-34(15-3-1)48-33-49(55-51(54-48)36-29-27-35(28-30-36)47-26-10-11-31-53-47)38-17-12-16-37(32-38)39-21-13-25-46-50(39)42-20-6-9-24-45(42)52(46)43-22-7-4-18-40(43)41-19-5-8-23-44(41)52;1-46(2)41-22-20-36(28-40(41)39-21-19-32-9-6-7-14-38(32)44(39)46)35-12-8-13-37(27-35)43-29-42(33-10-4-3-5-11-33)48-45(49-43)34-17-15-30(16-18-34)31-23-25-47-26-24-31;1-42(2)35-21-10-9-19-34(35)40-33(20-12-22-36(40)42)30-17-11-18-31(25-30)39-26-38(29-15-7-4-8-16-29)44-41(45-39)32-23-24-37(43-27-32)28-13-5-3-6-14-28/h1-33H;3-29H,1-2H3;3-27H,1-2H3. The minimum atomic E-state index is -0.384. The Morgan fingerprint density at radius 1 is 0.168 bits per heavy atom. The molecular weight excluding hydrogens is 1810 g/mol. The summed E-state index contributed by atoms with van der Waals surface area (Å²) in [6, 6.07) is 175. The number of nitrogens with zero attached hydrogens (tertiary/aromatic N) is 9. The molecule has 4 aliphatic carbocycles. The average Bonchev–Trinajstić information content (AvgIpc) is 1.50. The van der Waals surface area contributed by atoms with Gasteiger partial charge in [-0.2, -0.15) is 0 Å². The molecule has 24 aromatic rings. The predicted octanol–water partition coefficient (Wildman–Crippen LogP) is 34.7. The van der Waals surface area contributed by atoms with Crippen LogP contribution in [-0.2, 0) is 16.2 Å². The lowest BCUT2D eigenvalue weighted by molar-refractivity contribution is 0.660. The fourth-order valence-corrected chi connectivity index (χ4v) is 23.2. The summed E-state index contributed by atoms with van der Waals surface area (Å²) in [6.45, 7) is 9.36. The van der Waals surface area contributed by atoms with E-state index in [1.807, 2.05) is 110 Å². The maximum atomic E-state index is 5.23. The molecule has 0 atom stereocenters. The summed E-state index contributed by atoms with van der Waals surface area (Å²) in [6.07, 6.45) is 7.34. The third-order valence-corrected chi connectivity index (χ3v) is 30.3. The van der Waals surface area contributed by atoms with Gasteiger partial charge < -0.3 is 0 Å². The van der Waals surface area contributed by atoms with Crippen LogP contribution in [0.5, 0.6) is 0 Å². The Bertz CT molecular complexity index is 9230. The van der Waals surface area contributed by atoms with Crippen LogP contribution in [0.25, 0.3) is 224 Å². The molecule has 1 spiro atoms. The maximum absolute atomic E-state index is 5.23. The van der Waals surface area contributed by atoms with E-state index in [0.29, 0.717) is 17.5 Å². The van der Waals surface area contributed by atoms with Crippen molar-refractivity contribution in [3.8, 4) is 213 Å². The van der Waals surface area contributed by atoms with Crippen LogP contribution >= 0.6 is 0 Å². The molecule has 28 rings (SSSR count). The molecule has 4 aliphatic rings. The molecule has 0 saturated heterocycles. The zero-order chi connectivity index (χ0) is 99.7. The molecule has 702 valence electrons. The van der Waals surface area contributed by atoms with E-state index in [9.17, 15) is 0 Å². The summed E-state index contributed by atoms with van der Waals surface area (Å²) in [5.74, 6) is 2.04. The Balaban J connectivity index is 0.000000114.